The van der Waals surface area contributed by atoms with Crippen LogP contribution in [0, 0.1) is 12.7 Å². The average Bonchev–Trinajstić information content (AvgIpc) is 3.12. The maximum atomic E-state index is 14.1. The van der Waals surface area contributed by atoms with E-state index in [9.17, 15) is 9.18 Å². The van der Waals surface area contributed by atoms with Crippen LogP contribution in [0.4, 0.5) is 4.39 Å². The molecule has 1 amide bonds. The highest BCUT2D eigenvalue weighted by atomic mass is 79.9. The van der Waals surface area contributed by atoms with Crippen LogP contribution in [0.15, 0.2) is 56.6 Å². The molecule has 0 fully saturated rings. The van der Waals surface area contributed by atoms with Crippen molar-refractivity contribution in [2.75, 3.05) is 6.54 Å². The number of hydrogen-bond acceptors (Lipinski definition) is 5. The Morgan fingerprint density at radius 2 is 2.14 bits per heavy atom. The van der Waals surface area contributed by atoms with Crippen LogP contribution in [0.3, 0.4) is 0 Å². The summed E-state index contributed by atoms with van der Waals surface area (Å²) in [6.07, 6.45) is 1.65. The zero-order valence-electron chi connectivity index (χ0n) is 15.5. The molecule has 0 atom stereocenters. The van der Waals surface area contributed by atoms with Crippen molar-refractivity contribution < 1.29 is 13.7 Å². The van der Waals surface area contributed by atoms with E-state index in [0.29, 0.717) is 28.5 Å². The third-order valence-corrected chi connectivity index (χ3v) is 5.61. The number of aryl methyl sites for hydroxylation is 1. The Morgan fingerprint density at radius 3 is 2.86 bits per heavy atom. The van der Waals surface area contributed by atoms with E-state index in [1.54, 1.807) is 35.4 Å². The SMILES string of the molecule is CCN(Cc1cc(Br)ccc1F)C(=O)c1cccnc1SCc1cc(C)on1. The predicted octanol–water partition coefficient (Wildman–Crippen LogP) is 5.23. The van der Waals surface area contributed by atoms with Gasteiger partial charge in [-0.1, -0.05) is 32.8 Å². The molecule has 0 bridgehead atoms. The summed E-state index contributed by atoms with van der Waals surface area (Å²) in [7, 11) is 0. The lowest BCUT2D eigenvalue weighted by molar-refractivity contribution is 0.0746. The van der Waals surface area contributed by atoms with E-state index in [-0.39, 0.29) is 18.3 Å². The van der Waals surface area contributed by atoms with Crippen molar-refractivity contribution >= 4 is 33.6 Å². The van der Waals surface area contributed by atoms with E-state index in [1.165, 1.54) is 17.8 Å². The molecule has 1 aromatic carbocycles. The molecule has 0 radical (unpaired) electrons. The number of nitrogens with zero attached hydrogens (tertiary/aromatic N) is 3. The van der Waals surface area contributed by atoms with Gasteiger partial charge in [-0.2, -0.15) is 0 Å². The van der Waals surface area contributed by atoms with E-state index in [0.717, 1.165) is 15.9 Å². The van der Waals surface area contributed by atoms with Gasteiger partial charge in [0.2, 0.25) is 0 Å². The Balaban J connectivity index is 1.79. The summed E-state index contributed by atoms with van der Waals surface area (Å²) < 4.78 is 20.0. The summed E-state index contributed by atoms with van der Waals surface area (Å²) >= 11 is 4.77. The largest absolute Gasteiger partial charge is 0.361 e. The van der Waals surface area contributed by atoms with Gasteiger partial charge in [-0.3, -0.25) is 4.79 Å². The number of carbonyl (C=O) groups excluding carboxylic acids is 1. The highest BCUT2D eigenvalue weighted by Crippen LogP contribution is 2.26. The summed E-state index contributed by atoms with van der Waals surface area (Å²) in [4.78, 5) is 19.1. The second kappa shape index (κ2) is 9.34. The molecular weight excluding hydrogens is 445 g/mol. The fraction of sp³-hybridized carbons (Fsp3) is 0.250. The van der Waals surface area contributed by atoms with Crippen LogP contribution in [-0.2, 0) is 12.3 Å². The minimum atomic E-state index is -0.336. The third kappa shape index (κ3) is 4.99. The van der Waals surface area contributed by atoms with Crippen LogP contribution in [0.2, 0.25) is 0 Å². The molecule has 0 saturated heterocycles. The van der Waals surface area contributed by atoms with Gasteiger partial charge in [0.25, 0.3) is 5.91 Å². The van der Waals surface area contributed by atoms with E-state index in [1.807, 2.05) is 19.9 Å². The fourth-order valence-electron chi connectivity index (χ4n) is 2.66. The molecule has 28 heavy (non-hydrogen) atoms. The summed E-state index contributed by atoms with van der Waals surface area (Å²) in [5.41, 5.74) is 1.74. The van der Waals surface area contributed by atoms with Crippen LogP contribution in [0.1, 0.15) is 34.3 Å². The number of thioether (sulfide) groups is 1. The number of carbonyl (C=O) groups is 1. The minimum absolute atomic E-state index is 0.183. The number of aromatic nitrogens is 2. The molecule has 0 aliphatic rings. The van der Waals surface area contributed by atoms with Gasteiger partial charge >= 0.3 is 0 Å². The van der Waals surface area contributed by atoms with Gasteiger partial charge in [0, 0.05) is 41.1 Å². The Morgan fingerprint density at radius 1 is 1.32 bits per heavy atom. The van der Waals surface area contributed by atoms with Gasteiger partial charge in [0.1, 0.15) is 16.6 Å². The lowest BCUT2D eigenvalue weighted by atomic mass is 10.1. The van der Waals surface area contributed by atoms with Crippen molar-refractivity contribution in [1.29, 1.82) is 0 Å². The average molecular weight is 464 g/mol. The van der Waals surface area contributed by atoms with E-state index in [4.69, 9.17) is 4.52 Å². The molecule has 0 unspecified atom stereocenters. The first-order valence-corrected chi connectivity index (χ1v) is 10.5. The quantitative estimate of drug-likeness (QED) is 0.448. The summed E-state index contributed by atoms with van der Waals surface area (Å²) in [5.74, 6) is 0.757. The maximum absolute atomic E-state index is 14.1. The molecule has 2 aromatic heterocycles. The Kier molecular flexibility index (Phi) is 6.85. The Hall–Kier alpha value is -2.19. The molecule has 2 heterocycles. The van der Waals surface area contributed by atoms with Crippen molar-refractivity contribution in [2.24, 2.45) is 0 Å². The first-order valence-electron chi connectivity index (χ1n) is 8.71. The molecule has 0 spiro atoms. The smallest absolute Gasteiger partial charge is 0.256 e. The van der Waals surface area contributed by atoms with E-state index in [2.05, 4.69) is 26.1 Å². The molecule has 0 aliphatic carbocycles. The van der Waals surface area contributed by atoms with Crippen molar-refractivity contribution in [3.05, 3.63) is 75.5 Å². The normalized spacial score (nSPS) is 10.9. The van der Waals surface area contributed by atoms with Gasteiger partial charge in [-0.25, -0.2) is 9.37 Å². The fourth-order valence-corrected chi connectivity index (χ4v) is 3.94. The third-order valence-electron chi connectivity index (χ3n) is 4.07. The molecule has 8 heteroatoms. The van der Waals surface area contributed by atoms with Crippen molar-refractivity contribution in [3.63, 3.8) is 0 Å². The molecule has 3 rings (SSSR count). The summed E-state index contributed by atoms with van der Waals surface area (Å²) in [5, 5.41) is 4.58. The zero-order valence-corrected chi connectivity index (χ0v) is 17.9. The van der Waals surface area contributed by atoms with Crippen LogP contribution in [-0.4, -0.2) is 27.5 Å². The van der Waals surface area contributed by atoms with Gasteiger partial charge in [0.15, 0.2) is 0 Å². The first-order chi connectivity index (χ1) is 13.5. The van der Waals surface area contributed by atoms with Gasteiger partial charge < -0.3 is 9.42 Å². The molecule has 0 N–H and O–H groups in total. The first kappa shape index (κ1) is 20.5. The number of amides is 1. The van der Waals surface area contributed by atoms with Crippen LogP contribution >= 0.6 is 27.7 Å². The van der Waals surface area contributed by atoms with Gasteiger partial charge in [0.05, 0.1) is 11.3 Å². The number of pyridine rings is 1. The van der Waals surface area contributed by atoms with Crippen LogP contribution in [0.25, 0.3) is 0 Å². The maximum Gasteiger partial charge on any atom is 0.256 e. The molecule has 146 valence electrons. The van der Waals surface area contributed by atoms with E-state index < -0.39 is 0 Å². The predicted molar refractivity (Wildman–Crippen MR) is 110 cm³/mol. The Bertz CT molecular complexity index is 980. The van der Waals surface area contributed by atoms with Crippen molar-refractivity contribution in [3.8, 4) is 0 Å². The molecule has 0 aliphatic heterocycles. The second-order valence-electron chi connectivity index (χ2n) is 6.13. The van der Waals surface area contributed by atoms with Gasteiger partial charge in [-0.05, 0) is 44.2 Å². The second-order valence-corrected chi connectivity index (χ2v) is 8.01. The molecule has 5 nitrogen and oxygen atoms in total. The number of rotatable bonds is 7. The standard InChI is InChI=1S/C20H19BrFN3O2S/c1-3-25(11-14-10-15(21)6-7-18(14)22)20(26)17-5-4-8-23-19(17)28-12-16-9-13(2)27-24-16/h4-10H,3,11-12H2,1-2H3. The monoisotopic (exact) mass is 463 g/mol. The lowest BCUT2D eigenvalue weighted by Gasteiger charge is -2.22. The number of hydrogen-bond donors (Lipinski definition) is 0. The van der Waals surface area contributed by atoms with Crippen molar-refractivity contribution in [2.45, 2.75) is 31.2 Å². The number of halogens is 2. The highest BCUT2D eigenvalue weighted by Gasteiger charge is 2.20. The topological polar surface area (TPSA) is 59.2 Å². The highest BCUT2D eigenvalue weighted by molar-refractivity contribution is 9.10. The summed E-state index contributed by atoms with van der Waals surface area (Å²) in [6.45, 7) is 4.33. The summed E-state index contributed by atoms with van der Waals surface area (Å²) in [6, 6.07) is 10.0. The molecular formula is C20H19BrFN3O2S. The Labute approximate surface area is 175 Å². The van der Waals surface area contributed by atoms with E-state index >= 15 is 0 Å². The van der Waals surface area contributed by atoms with Gasteiger partial charge in [-0.15, -0.1) is 0 Å². The minimum Gasteiger partial charge on any atom is -0.361 e. The molecule has 3 aromatic rings. The van der Waals surface area contributed by atoms with Crippen LogP contribution < -0.4 is 0 Å². The zero-order chi connectivity index (χ0) is 20.1. The molecule has 0 saturated carbocycles. The lowest BCUT2D eigenvalue weighted by Crippen LogP contribution is -2.31. The number of benzene rings is 1. The van der Waals surface area contributed by atoms with Crippen LogP contribution in [0.5, 0.6) is 0 Å². The van der Waals surface area contributed by atoms with Crippen molar-refractivity contribution in [1.82, 2.24) is 15.0 Å².